The third-order valence-electron chi connectivity index (χ3n) is 2.99. The predicted octanol–water partition coefficient (Wildman–Crippen LogP) is 2.34. The molecule has 0 aliphatic rings. The first kappa shape index (κ1) is 15.5. The van der Waals surface area contributed by atoms with Crippen LogP contribution >= 0.6 is 11.6 Å². The zero-order chi connectivity index (χ0) is 16.3. The number of benzene rings is 1. The molecular formula is C14H10ClN3O4. The molecule has 0 fully saturated rings. The summed E-state index contributed by atoms with van der Waals surface area (Å²) >= 11 is 5.92. The molecule has 1 heterocycles. The van der Waals surface area contributed by atoms with Gasteiger partial charge in [-0.1, -0.05) is 11.6 Å². The maximum absolute atomic E-state index is 12.1. The Labute approximate surface area is 130 Å². The van der Waals surface area contributed by atoms with Gasteiger partial charge >= 0.3 is 0 Å². The van der Waals surface area contributed by atoms with Crippen LogP contribution < -0.4 is 10.3 Å². The first-order valence-electron chi connectivity index (χ1n) is 6.07. The highest BCUT2D eigenvalue weighted by atomic mass is 35.5. The predicted molar refractivity (Wildman–Crippen MR) is 79.2 cm³/mol. The molecule has 112 valence electrons. The van der Waals surface area contributed by atoms with E-state index in [2.05, 4.69) is 0 Å². The van der Waals surface area contributed by atoms with E-state index in [1.54, 1.807) is 24.3 Å². The van der Waals surface area contributed by atoms with Gasteiger partial charge in [0.15, 0.2) is 0 Å². The number of hydrogen-bond donors (Lipinski definition) is 0. The zero-order valence-electron chi connectivity index (χ0n) is 11.4. The van der Waals surface area contributed by atoms with Crippen molar-refractivity contribution in [2.45, 2.75) is 6.54 Å². The summed E-state index contributed by atoms with van der Waals surface area (Å²) in [7, 11) is 1.46. The second kappa shape index (κ2) is 6.28. The highest BCUT2D eigenvalue weighted by molar-refractivity contribution is 6.30. The van der Waals surface area contributed by atoms with Gasteiger partial charge < -0.3 is 9.30 Å². The van der Waals surface area contributed by atoms with E-state index in [1.807, 2.05) is 0 Å². The van der Waals surface area contributed by atoms with E-state index in [1.165, 1.54) is 7.11 Å². The standard InChI is InChI=1S/C14H10ClN3O4/c1-22-13-3-2-11(15)4-10(13)7-17-8-12(18(20)21)5-9(6-16)14(17)19/h2-5,8H,7H2,1H3. The molecule has 1 aromatic heterocycles. The summed E-state index contributed by atoms with van der Waals surface area (Å²) in [6, 6.07) is 7.46. The summed E-state index contributed by atoms with van der Waals surface area (Å²) in [6.45, 7) is -0.00106. The second-order valence-electron chi connectivity index (χ2n) is 4.37. The Kier molecular flexibility index (Phi) is 4.44. The van der Waals surface area contributed by atoms with Crippen LogP contribution in [0.15, 0.2) is 35.3 Å². The van der Waals surface area contributed by atoms with Crippen molar-refractivity contribution in [1.82, 2.24) is 4.57 Å². The van der Waals surface area contributed by atoms with E-state index < -0.39 is 10.5 Å². The van der Waals surface area contributed by atoms with Crippen LogP contribution in [0, 0.1) is 21.4 Å². The molecule has 0 atom stereocenters. The molecule has 0 bridgehead atoms. The Morgan fingerprint density at radius 1 is 1.45 bits per heavy atom. The molecule has 0 saturated heterocycles. The van der Waals surface area contributed by atoms with Gasteiger partial charge in [-0.2, -0.15) is 5.26 Å². The third-order valence-corrected chi connectivity index (χ3v) is 3.22. The Morgan fingerprint density at radius 2 is 2.18 bits per heavy atom. The number of nitrogens with zero attached hydrogens (tertiary/aromatic N) is 3. The number of nitro groups is 1. The Hall–Kier alpha value is -2.85. The van der Waals surface area contributed by atoms with Gasteiger partial charge in [0, 0.05) is 16.7 Å². The number of nitriles is 1. The molecule has 22 heavy (non-hydrogen) atoms. The van der Waals surface area contributed by atoms with Crippen molar-refractivity contribution in [3.8, 4) is 11.8 Å². The summed E-state index contributed by atoms with van der Waals surface area (Å²) in [6.07, 6.45) is 1.09. The van der Waals surface area contributed by atoms with Crippen LogP contribution in [-0.4, -0.2) is 16.6 Å². The first-order chi connectivity index (χ1) is 10.5. The van der Waals surface area contributed by atoms with Crippen molar-refractivity contribution in [3.05, 3.63) is 67.1 Å². The summed E-state index contributed by atoms with van der Waals surface area (Å²) in [4.78, 5) is 22.3. The van der Waals surface area contributed by atoms with E-state index in [4.69, 9.17) is 21.6 Å². The molecule has 2 aromatic rings. The van der Waals surface area contributed by atoms with Crippen LogP contribution in [0.2, 0.25) is 5.02 Å². The number of pyridine rings is 1. The van der Waals surface area contributed by atoms with Crippen LogP contribution in [0.25, 0.3) is 0 Å². The molecule has 7 nitrogen and oxygen atoms in total. The maximum Gasteiger partial charge on any atom is 0.287 e. The van der Waals surface area contributed by atoms with Gasteiger partial charge in [0.1, 0.15) is 17.4 Å². The Morgan fingerprint density at radius 3 is 2.77 bits per heavy atom. The molecule has 0 unspecified atom stereocenters. The summed E-state index contributed by atoms with van der Waals surface area (Å²) in [5.74, 6) is 0.487. The van der Waals surface area contributed by atoms with Gasteiger partial charge in [0.05, 0.1) is 24.8 Å². The largest absolute Gasteiger partial charge is 0.496 e. The van der Waals surface area contributed by atoms with Crippen LogP contribution in [0.1, 0.15) is 11.1 Å². The minimum atomic E-state index is -0.661. The normalized spacial score (nSPS) is 10.0. The smallest absolute Gasteiger partial charge is 0.287 e. The third kappa shape index (κ3) is 3.07. The maximum atomic E-state index is 12.1. The van der Waals surface area contributed by atoms with Crippen molar-refractivity contribution in [3.63, 3.8) is 0 Å². The average molecular weight is 320 g/mol. The van der Waals surface area contributed by atoms with E-state index >= 15 is 0 Å². The minimum Gasteiger partial charge on any atom is -0.496 e. The molecule has 0 amide bonds. The summed E-state index contributed by atoms with van der Waals surface area (Å²) < 4.78 is 6.26. The van der Waals surface area contributed by atoms with Crippen LogP contribution in [0.5, 0.6) is 5.75 Å². The quantitative estimate of drug-likeness (QED) is 0.636. The zero-order valence-corrected chi connectivity index (χ0v) is 12.2. The van der Waals surface area contributed by atoms with E-state index in [-0.39, 0.29) is 17.8 Å². The highest BCUT2D eigenvalue weighted by Gasteiger charge is 2.15. The van der Waals surface area contributed by atoms with Gasteiger partial charge in [-0.3, -0.25) is 14.9 Å². The fourth-order valence-corrected chi connectivity index (χ4v) is 2.17. The number of hydrogen-bond acceptors (Lipinski definition) is 5. The van der Waals surface area contributed by atoms with Gasteiger partial charge in [-0.25, -0.2) is 0 Å². The molecule has 0 radical (unpaired) electrons. The van der Waals surface area contributed by atoms with Crippen LogP contribution in [0.4, 0.5) is 5.69 Å². The van der Waals surface area contributed by atoms with Gasteiger partial charge in [0.25, 0.3) is 11.2 Å². The number of methoxy groups -OCH3 is 1. The van der Waals surface area contributed by atoms with E-state index in [9.17, 15) is 14.9 Å². The monoisotopic (exact) mass is 319 g/mol. The molecule has 0 aliphatic heterocycles. The summed E-state index contributed by atoms with van der Waals surface area (Å²) in [5.41, 5.74) is -0.677. The van der Waals surface area contributed by atoms with Crippen molar-refractivity contribution >= 4 is 17.3 Å². The lowest BCUT2D eigenvalue weighted by Crippen LogP contribution is -2.23. The average Bonchev–Trinajstić information content (AvgIpc) is 2.49. The molecule has 2 rings (SSSR count). The van der Waals surface area contributed by atoms with Gasteiger partial charge in [-0.15, -0.1) is 0 Å². The Bertz CT molecular complexity index is 839. The van der Waals surface area contributed by atoms with Gasteiger partial charge in [0.2, 0.25) is 0 Å². The molecule has 1 aromatic carbocycles. The molecule has 0 aliphatic carbocycles. The lowest BCUT2D eigenvalue weighted by atomic mass is 10.2. The van der Waals surface area contributed by atoms with Crippen molar-refractivity contribution in [2.75, 3.05) is 7.11 Å². The highest BCUT2D eigenvalue weighted by Crippen LogP contribution is 2.23. The number of rotatable bonds is 4. The SMILES string of the molecule is COc1ccc(Cl)cc1Cn1cc([N+](=O)[O-])cc(C#N)c1=O. The minimum absolute atomic E-state index is 0.00106. The van der Waals surface area contributed by atoms with Crippen LogP contribution in [0.3, 0.4) is 0 Å². The van der Waals surface area contributed by atoms with Crippen molar-refractivity contribution < 1.29 is 9.66 Å². The van der Waals surface area contributed by atoms with Crippen LogP contribution in [-0.2, 0) is 6.54 Å². The topological polar surface area (TPSA) is 98.2 Å². The first-order valence-corrected chi connectivity index (χ1v) is 6.45. The number of halogens is 1. The van der Waals surface area contributed by atoms with Crippen molar-refractivity contribution in [2.24, 2.45) is 0 Å². The second-order valence-corrected chi connectivity index (χ2v) is 4.81. The summed E-state index contributed by atoms with van der Waals surface area (Å²) in [5, 5.41) is 20.3. The fraction of sp³-hybridized carbons (Fsp3) is 0.143. The molecular weight excluding hydrogens is 310 g/mol. The van der Waals surface area contributed by atoms with Gasteiger partial charge in [-0.05, 0) is 18.2 Å². The molecule has 0 N–H and O–H groups in total. The van der Waals surface area contributed by atoms with E-state index in [0.29, 0.717) is 16.3 Å². The van der Waals surface area contributed by atoms with Crippen molar-refractivity contribution in [1.29, 1.82) is 5.26 Å². The lowest BCUT2D eigenvalue weighted by Gasteiger charge is -2.11. The molecule has 0 spiro atoms. The Balaban J connectivity index is 2.57. The van der Waals surface area contributed by atoms with E-state index in [0.717, 1.165) is 16.8 Å². The number of aromatic nitrogens is 1. The lowest BCUT2D eigenvalue weighted by molar-refractivity contribution is -0.385. The molecule has 8 heteroatoms. The fourth-order valence-electron chi connectivity index (χ4n) is 1.97. The number of ether oxygens (including phenoxy) is 1. The molecule has 0 saturated carbocycles.